The van der Waals surface area contributed by atoms with Gasteiger partial charge in [0, 0.05) is 64.1 Å². The minimum atomic E-state index is -0.135. The van der Waals surface area contributed by atoms with Gasteiger partial charge in [0.2, 0.25) is 0 Å². The van der Waals surface area contributed by atoms with E-state index in [9.17, 15) is 4.39 Å². The molecule has 4 fully saturated rings. The van der Waals surface area contributed by atoms with E-state index in [4.69, 9.17) is 4.74 Å². The van der Waals surface area contributed by atoms with Gasteiger partial charge in [-0.2, -0.15) is 0 Å². The number of methoxy groups -OCH3 is 1. The molecular weight excluding hydrogens is 341 g/mol. The van der Waals surface area contributed by atoms with Crippen LogP contribution in [0.4, 0.5) is 10.1 Å². The highest BCUT2D eigenvalue weighted by Crippen LogP contribution is 2.32. The highest BCUT2D eigenvalue weighted by molar-refractivity contribution is 5.53. The second-order valence-corrected chi connectivity index (χ2v) is 8.69. The average molecular weight is 376 g/mol. The lowest BCUT2D eigenvalue weighted by Gasteiger charge is -2.40. The van der Waals surface area contributed by atoms with Gasteiger partial charge in [0.25, 0.3) is 0 Å². The first-order valence-electron chi connectivity index (χ1n) is 10.6. The maximum absolute atomic E-state index is 13.4. The molecule has 0 amide bonds. The number of piperidine rings is 2. The number of fused-ring (bicyclic) bond motifs is 4. The van der Waals surface area contributed by atoms with E-state index < -0.39 is 0 Å². The summed E-state index contributed by atoms with van der Waals surface area (Å²) in [5.41, 5.74) is 2.26. The van der Waals surface area contributed by atoms with E-state index in [1.165, 1.54) is 51.0 Å². The molecule has 0 radical (unpaired) electrons. The van der Waals surface area contributed by atoms with Crippen molar-refractivity contribution in [1.82, 2.24) is 9.80 Å². The van der Waals surface area contributed by atoms with Crippen LogP contribution in [0.15, 0.2) is 18.2 Å². The van der Waals surface area contributed by atoms with E-state index in [0.29, 0.717) is 12.1 Å². The Kier molecular flexibility index (Phi) is 6.00. The molecule has 0 saturated carbocycles. The number of nitrogens with zero attached hydrogens (tertiary/aromatic N) is 3. The molecule has 0 aromatic heterocycles. The zero-order chi connectivity index (χ0) is 18.8. The van der Waals surface area contributed by atoms with Crippen LogP contribution in [-0.4, -0.2) is 74.9 Å². The van der Waals surface area contributed by atoms with E-state index in [0.717, 1.165) is 37.7 Å². The van der Waals surface area contributed by atoms with E-state index in [1.807, 2.05) is 13.0 Å². The van der Waals surface area contributed by atoms with E-state index in [-0.39, 0.29) is 5.82 Å². The monoisotopic (exact) mass is 375 g/mol. The van der Waals surface area contributed by atoms with Crippen molar-refractivity contribution < 1.29 is 9.13 Å². The number of ether oxygens (including phenoxy) is 1. The molecule has 0 spiro atoms. The highest BCUT2D eigenvalue weighted by Gasteiger charge is 2.37. The first kappa shape index (κ1) is 19.2. The van der Waals surface area contributed by atoms with Crippen LogP contribution in [-0.2, 0) is 4.74 Å². The third-order valence-corrected chi connectivity index (χ3v) is 6.92. The normalized spacial score (nSPS) is 27.9. The van der Waals surface area contributed by atoms with Gasteiger partial charge in [0.05, 0.1) is 6.61 Å². The van der Waals surface area contributed by atoms with Gasteiger partial charge in [-0.1, -0.05) is 0 Å². The van der Waals surface area contributed by atoms with Crippen LogP contribution in [0.25, 0.3) is 0 Å². The van der Waals surface area contributed by atoms with Crippen molar-refractivity contribution in [3.63, 3.8) is 0 Å². The predicted octanol–water partition coefficient (Wildman–Crippen LogP) is 3.15. The summed E-state index contributed by atoms with van der Waals surface area (Å²) in [5, 5.41) is 0. The fraction of sp³-hybridized carbons (Fsp3) is 0.727. The summed E-state index contributed by atoms with van der Waals surface area (Å²) in [6.07, 6.45) is 5.17. The van der Waals surface area contributed by atoms with Gasteiger partial charge in [0.15, 0.2) is 0 Å². The number of halogens is 1. The van der Waals surface area contributed by atoms with Gasteiger partial charge in [-0.25, -0.2) is 4.39 Å². The average Bonchev–Trinajstić information content (AvgIpc) is 2.98. The Hall–Kier alpha value is -1.17. The molecule has 4 aliphatic heterocycles. The summed E-state index contributed by atoms with van der Waals surface area (Å²) >= 11 is 0. The molecule has 2 atom stereocenters. The summed E-state index contributed by atoms with van der Waals surface area (Å²) in [6.45, 7) is 9.84. The Labute approximate surface area is 163 Å². The number of anilines is 1. The smallest absolute Gasteiger partial charge is 0.123 e. The summed E-state index contributed by atoms with van der Waals surface area (Å²) in [4.78, 5) is 7.92. The SMILES string of the molecule is COCCN1C[C@@H]2CC[C@H]1CN(C1CCN(c3ccc(F)cc3C)CC1)C2. The molecule has 4 saturated heterocycles. The molecule has 27 heavy (non-hydrogen) atoms. The molecule has 150 valence electrons. The van der Waals surface area contributed by atoms with Gasteiger partial charge in [-0.05, 0) is 62.3 Å². The maximum Gasteiger partial charge on any atom is 0.123 e. The molecule has 5 heteroatoms. The van der Waals surface area contributed by atoms with Gasteiger partial charge in [-0.15, -0.1) is 0 Å². The number of benzene rings is 1. The van der Waals surface area contributed by atoms with Crippen molar-refractivity contribution in [3.05, 3.63) is 29.6 Å². The second kappa shape index (κ2) is 8.46. The third kappa shape index (κ3) is 4.30. The molecule has 5 rings (SSSR count). The van der Waals surface area contributed by atoms with E-state index in [1.54, 1.807) is 19.2 Å². The molecule has 0 unspecified atom stereocenters. The number of hydrogen-bond acceptors (Lipinski definition) is 4. The molecule has 4 heterocycles. The van der Waals surface area contributed by atoms with Crippen molar-refractivity contribution >= 4 is 5.69 Å². The van der Waals surface area contributed by atoms with Crippen molar-refractivity contribution in [2.24, 2.45) is 5.92 Å². The van der Waals surface area contributed by atoms with Crippen LogP contribution < -0.4 is 4.90 Å². The standard InChI is InChI=1S/C22H34FN3O/c1-17-13-19(23)4-6-22(17)24-9-7-20(8-10-24)26-15-18-3-5-21(16-26)25(14-18)11-12-27-2/h4,6,13,18,20-21H,3,5,7-12,14-16H2,1-2H3/t18-,21-/m0/s1. The molecular formula is C22H34FN3O. The third-order valence-electron chi connectivity index (χ3n) is 6.92. The molecule has 1 aromatic rings. The number of aryl methyl sites for hydroxylation is 1. The molecule has 4 nitrogen and oxygen atoms in total. The topological polar surface area (TPSA) is 19.0 Å². The first-order chi connectivity index (χ1) is 13.1. The van der Waals surface area contributed by atoms with Crippen LogP contribution in [0.1, 0.15) is 31.2 Å². The summed E-state index contributed by atoms with van der Waals surface area (Å²) < 4.78 is 18.7. The zero-order valence-electron chi connectivity index (χ0n) is 16.9. The van der Waals surface area contributed by atoms with Gasteiger partial charge >= 0.3 is 0 Å². The number of hydrogen-bond donors (Lipinski definition) is 0. The Balaban J connectivity index is 1.36. The lowest BCUT2D eigenvalue weighted by molar-refractivity contribution is 0.0846. The molecule has 0 N–H and O–H groups in total. The molecule has 0 aliphatic carbocycles. The van der Waals surface area contributed by atoms with Crippen molar-refractivity contribution in [1.29, 1.82) is 0 Å². The van der Waals surface area contributed by atoms with Gasteiger partial charge < -0.3 is 9.64 Å². The Bertz CT molecular complexity index is 632. The Morgan fingerprint density at radius 3 is 2.59 bits per heavy atom. The van der Waals surface area contributed by atoms with Gasteiger partial charge in [0.1, 0.15) is 5.82 Å². The van der Waals surface area contributed by atoms with Crippen LogP contribution in [0.3, 0.4) is 0 Å². The lowest BCUT2D eigenvalue weighted by atomic mass is 9.95. The molecule has 1 aromatic carbocycles. The largest absolute Gasteiger partial charge is 0.383 e. The van der Waals surface area contributed by atoms with Crippen LogP contribution >= 0.6 is 0 Å². The maximum atomic E-state index is 13.4. The summed E-state index contributed by atoms with van der Waals surface area (Å²) in [5.74, 6) is 0.683. The first-order valence-corrected chi connectivity index (χ1v) is 10.6. The fourth-order valence-electron chi connectivity index (χ4n) is 5.44. The van der Waals surface area contributed by atoms with E-state index in [2.05, 4.69) is 14.7 Å². The predicted molar refractivity (Wildman–Crippen MR) is 108 cm³/mol. The Morgan fingerprint density at radius 1 is 1.04 bits per heavy atom. The quantitative estimate of drug-likeness (QED) is 0.787. The molecule has 2 bridgehead atoms. The van der Waals surface area contributed by atoms with Crippen LogP contribution in [0.2, 0.25) is 0 Å². The van der Waals surface area contributed by atoms with Crippen molar-refractivity contribution in [2.45, 2.75) is 44.7 Å². The van der Waals surface area contributed by atoms with Crippen molar-refractivity contribution in [3.8, 4) is 0 Å². The van der Waals surface area contributed by atoms with Gasteiger partial charge in [-0.3, -0.25) is 9.80 Å². The summed E-state index contributed by atoms with van der Waals surface area (Å²) in [6, 6.07) is 6.60. The minimum absolute atomic E-state index is 0.135. The van der Waals surface area contributed by atoms with Crippen LogP contribution in [0, 0.1) is 18.7 Å². The highest BCUT2D eigenvalue weighted by atomic mass is 19.1. The second-order valence-electron chi connectivity index (χ2n) is 8.69. The Morgan fingerprint density at radius 2 is 1.85 bits per heavy atom. The van der Waals surface area contributed by atoms with Crippen LogP contribution in [0.5, 0.6) is 0 Å². The van der Waals surface area contributed by atoms with Crippen molar-refractivity contribution in [2.75, 3.05) is 57.9 Å². The number of rotatable bonds is 5. The van der Waals surface area contributed by atoms with E-state index >= 15 is 0 Å². The fourth-order valence-corrected chi connectivity index (χ4v) is 5.44. The summed E-state index contributed by atoms with van der Waals surface area (Å²) in [7, 11) is 1.80. The zero-order valence-corrected chi connectivity index (χ0v) is 16.9. The lowest BCUT2D eigenvalue weighted by Crippen LogP contribution is -2.48. The minimum Gasteiger partial charge on any atom is -0.383 e. The molecule has 4 aliphatic rings.